The van der Waals surface area contributed by atoms with Crippen LogP contribution in [0.3, 0.4) is 0 Å². The number of nitrogens with zero attached hydrogens (tertiary/aromatic N) is 3. The van der Waals surface area contributed by atoms with Crippen LogP contribution in [0.15, 0.2) is 54.9 Å². The van der Waals surface area contributed by atoms with Gasteiger partial charge in [0.15, 0.2) is 5.82 Å². The topological polar surface area (TPSA) is 56.7 Å². The summed E-state index contributed by atoms with van der Waals surface area (Å²) in [4.78, 5) is 4.40. The van der Waals surface area contributed by atoms with Gasteiger partial charge in [-0.15, -0.1) is 0 Å². The maximum absolute atomic E-state index is 5.84. The zero-order valence-corrected chi connectivity index (χ0v) is 11.3. The standard InChI is InChI=1S/C16H16N4/c1-12-7-8-18-15(9-12)20-16(14(10-17)11-19-20)13-5-3-2-4-6-13/h2-9,11H,10,17H2,1H3. The molecule has 0 radical (unpaired) electrons. The molecule has 2 aromatic heterocycles. The van der Waals surface area contributed by atoms with Gasteiger partial charge in [-0.1, -0.05) is 30.3 Å². The molecule has 4 nitrogen and oxygen atoms in total. The fourth-order valence-corrected chi connectivity index (χ4v) is 2.25. The maximum atomic E-state index is 5.84. The molecule has 0 saturated carbocycles. The van der Waals surface area contributed by atoms with Crippen molar-refractivity contribution in [3.05, 3.63) is 66.0 Å². The molecule has 0 saturated heterocycles. The summed E-state index contributed by atoms with van der Waals surface area (Å²) in [7, 11) is 0. The highest BCUT2D eigenvalue weighted by Crippen LogP contribution is 2.25. The van der Waals surface area contributed by atoms with Crippen molar-refractivity contribution >= 4 is 0 Å². The van der Waals surface area contributed by atoms with E-state index in [4.69, 9.17) is 5.73 Å². The Morgan fingerprint density at radius 3 is 2.65 bits per heavy atom. The second-order valence-corrected chi connectivity index (χ2v) is 4.69. The van der Waals surface area contributed by atoms with Crippen molar-refractivity contribution in [2.45, 2.75) is 13.5 Å². The van der Waals surface area contributed by atoms with Crippen molar-refractivity contribution in [1.29, 1.82) is 0 Å². The van der Waals surface area contributed by atoms with Crippen molar-refractivity contribution in [3.8, 4) is 17.1 Å². The highest BCUT2D eigenvalue weighted by Gasteiger charge is 2.13. The lowest BCUT2D eigenvalue weighted by Gasteiger charge is -2.09. The summed E-state index contributed by atoms with van der Waals surface area (Å²) in [5.41, 5.74) is 10.1. The first kappa shape index (κ1) is 12.6. The van der Waals surface area contributed by atoms with Gasteiger partial charge in [-0.2, -0.15) is 5.10 Å². The van der Waals surface area contributed by atoms with E-state index >= 15 is 0 Å². The molecule has 2 N–H and O–H groups in total. The Kier molecular flexibility index (Phi) is 3.31. The second kappa shape index (κ2) is 5.27. The molecule has 20 heavy (non-hydrogen) atoms. The number of nitrogens with two attached hydrogens (primary N) is 1. The Balaban J connectivity index is 2.20. The molecule has 0 unspecified atom stereocenters. The molecule has 0 aliphatic carbocycles. The summed E-state index contributed by atoms with van der Waals surface area (Å²) < 4.78 is 1.85. The minimum atomic E-state index is 0.454. The van der Waals surface area contributed by atoms with Gasteiger partial charge in [0.2, 0.25) is 0 Å². The fraction of sp³-hybridized carbons (Fsp3) is 0.125. The summed E-state index contributed by atoms with van der Waals surface area (Å²) in [5, 5.41) is 4.45. The predicted molar refractivity (Wildman–Crippen MR) is 79.4 cm³/mol. The Labute approximate surface area is 117 Å². The summed E-state index contributed by atoms with van der Waals surface area (Å²) in [6.45, 7) is 2.50. The van der Waals surface area contributed by atoms with E-state index in [1.54, 1.807) is 6.20 Å². The first-order valence-corrected chi connectivity index (χ1v) is 6.55. The predicted octanol–water partition coefficient (Wildman–Crippen LogP) is 2.70. The second-order valence-electron chi connectivity index (χ2n) is 4.69. The fourth-order valence-electron chi connectivity index (χ4n) is 2.25. The molecule has 0 aliphatic heterocycles. The summed E-state index contributed by atoms with van der Waals surface area (Å²) in [6, 6.07) is 14.1. The van der Waals surface area contributed by atoms with E-state index in [2.05, 4.69) is 22.2 Å². The minimum absolute atomic E-state index is 0.454. The molecule has 1 aromatic carbocycles. The number of rotatable bonds is 3. The Morgan fingerprint density at radius 1 is 1.15 bits per heavy atom. The van der Waals surface area contributed by atoms with Crippen LogP contribution in [0.2, 0.25) is 0 Å². The van der Waals surface area contributed by atoms with E-state index in [-0.39, 0.29) is 0 Å². The van der Waals surface area contributed by atoms with E-state index < -0.39 is 0 Å². The van der Waals surface area contributed by atoms with Gasteiger partial charge >= 0.3 is 0 Å². The SMILES string of the molecule is Cc1ccnc(-n2ncc(CN)c2-c2ccccc2)c1. The number of hydrogen-bond acceptors (Lipinski definition) is 3. The molecular formula is C16H16N4. The average molecular weight is 264 g/mol. The third-order valence-electron chi connectivity index (χ3n) is 3.23. The normalized spacial score (nSPS) is 10.7. The number of hydrogen-bond donors (Lipinski definition) is 1. The zero-order valence-electron chi connectivity index (χ0n) is 11.3. The van der Waals surface area contributed by atoms with Crippen molar-refractivity contribution in [2.75, 3.05) is 0 Å². The number of aromatic nitrogens is 3. The zero-order chi connectivity index (χ0) is 13.9. The number of benzene rings is 1. The minimum Gasteiger partial charge on any atom is -0.326 e. The van der Waals surface area contributed by atoms with Crippen LogP contribution in [-0.4, -0.2) is 14.8 Å². The van der Waals surface area contributed by atoms with Crippen molar-refractivity contribution in [3.63, 3.8) is 0 Å². The van der Waals surface area contributed by atoms with Gasteiger partial charge < -0.3 is 5.73 Å². The maximum Gasteiger partial charge on any atom is 0.154 e. The summed E-state index contributed by atoms with van der Waals surface area (Å²) in [5.74, 6) is 0.809. The quantitative estimate of drug-likeness (QED) is 0.791. The Bertz CT molecular complexity index is 716. The van der Waals surface area contributed by atoms with Crippen LogP contribution in [0.5, 0.6) is 0 Å². The van der Waals surface area contributed by atoms with Crippen molar-refractivity contribution < 1.29 is 0 Å². The lowest BCUT2D eigenvalue weighted by Crippen LogP contribution is -2.04. The van der Waals surface area contributed by atoms with Gasteiger partial charge in [0.05, 0.1) is 11.9 Å². The third-order valence-corrected chi connectivity index (χ3v) is 3.23. The van der Waals surface area contributed by atoms with Crippen LogP contribution in [-0.2, 0) is 6.54 Å². The summed E-state index contributed by atoms with van der Waals surface area (Å²) in [6.07, 6.45) is 3.61. The molecular weight excluding hydrogens is 248 g/mol. The van der Waals surface area contributed by atoms with Gasteiger partial charge in [0.25, 0.3) is 0 Å². The Morgan fingerprint density at radius 2 is 1.95 bits per heavy atom. The highest BCUT2D eigenvalue weighted by atomic mass is 15.3. The Hall–Kier alpha value is -2.46. The van der Waals surface area contributed by atoms with Crippen LogP contribution < -0.4 is 5.73 Å². The van der Waals surface area contributed by atoms with Gasteiger partial charge in [0, 0.05) is 23.9 Å². The molecule has 0 bridgehead atoms. The van der Waals surface area contributed by atoms with Crippen LogP contribution in [0, 0.1) is 6.92 Å². The lowest BCUT2D eigenvalue weighted by atomic mass is 10.1. The van der Waals surface area contributed by atoms with Gasteiger partial charge in [-0.25, -0.2) is 9.67 Å². The third kappa shape index (κ3) is 2.21. The molecule has 3 aromatic rings. The first-order valence-electron chi connectivity index (χ1n) is 6.55. The van der Waals surface area contributed by atoms with E-state index in [9.17, 15) is 0 Å². The van der Waals surface area contributed by atoms with Crippen LogP contribution in [0.25, 0.3) is 17.1 Å². The highest BCUT2D eigenvalue weighted by molar-refractivity contribution is 5.65. The number of pyridine rings is 1. The van der Waals surface area contributed by atoms with E-state index in [1.165, 1.54) is 0 Å². The number of aryl methyl sites for hydroxylation is 1. The molecule has 0 aliphatic rings. The van der Waals surface area contributed by atoms with Gasteiger partial charge in [-0.3, -0.25) is 0 Å². The van der Waals surface area contributed by atoms with E-state index in [1.807, 2.05) is 48.1 Å². The molecule has 0 fully saturated rings. The smallest absolute Gasteiger partial charge is 0.154 e. The molecule has 4 heteroatoms. The molecule has 2 heterocycles. The molecule has 0 atom stereocenters. The van der Waals surface area contributed by atoms with Crippen LogP contribution in [0.1, 0.15) is 11.1 Å². The molecule has 0 amide bonds. The van der Waals surface area contributed by atoms with E-state index in [0.717, 1.165) is 28.2 Å². The summed E-state index contributed by atoms with van der Waals surface area (Å²) >= 11 is 0. The lowest BCUT2D eigenvalue weighted by molar-refractivity contribution is 0.851. The van der Waals surface area contributed by atoms with Gasteiger partial charge in [0.1, 0.15) is 0 Å². The molecule has 0 spiro atoms. The van der Waals surface area contributed by atoms with Crippen LogP contribution in [0.4, 0.5) is 0 Å². The van der Waals surface area contributed by atoms with Gasteiger partial charge in [-0.05, 0) is 24.6 Å². The van der Waals surface area contributed by atoms with Crippen LogP contribution >= 0.6 is 0 Å². The first-order chi connectivity index (χ1) is 9.79. The largest absolute Gasteiger partial charge is 0.326 e. The van der Waals surface area contributed by atoms with E-state index in [0.29, 0.717) is 6.54 Å². The molecule has 100 valence electrons. The van der Waals surface area contributed by atoms with Crippen molar-refractivity contribution in [1.82, 2.24) is 14.8 Å². The van der Waals surface area contributed by atoms with Crippen molar-refractivity contribution in [2.24, 2.45) is 5.73 Å². The monoisotopic (exact) mass is 264 g/mol. The average Bonchev–Trinajstić information content (AvgIpc) is 2.92. The molecule has 3 rings (SSSR count).